The zero-order valence-corrected chi connectivity index (χ0v) is 10.2. The molecular weight excluding hydrogens is 236 g/mol. The van der Waals surface area contributed by atoms with Crippen LogP contribution < -0.4 is 5.32 Å². The van der Waals surface area contributed by atoms with Gasteiger partial charge in [-0.15, -0.1) is 0 Å². The third-order valence-corrected chi connectivity index (χ3v) is 3.35. The molecule has 1 unspecified atom stereocenters. The second kappa shape index (κ2) is 6.05. The highest BCUT2D eigenvalue weighted by molar-refractivity contribution is 5.86. The SMILES string of the molecule is O=C(Cc1cccc(F)c1F)C1CCCCCN1. The van der Waals surface area contributed by atoms with Crippen molar-refractivity contribution >= 4 is 5.78 Å². The Bertz CT molecular complexity index is 426. The first-order chi connectivity index (χ1) is 8.68. The lowest BCUT2D eigenvalue weighted by molar-refractivity contribution is -0.120. The predicted octanol–water partition coefficient (Wildman–Crippen LogP) is 2.61. The van der Waals surface area contributed by atoms with Crippen LogP contribution in [0.5, 0.6) is 0 Å². The Morgan fingerprint density at radius 2 is 2.11 bits per heavy atom. The number of carbonyl (C=O) groups is 1. The number of hydrogen-bond donors (Lipinski definition) is 1. The van der Waals surface area contributed by atoms with Crippen molar-refractivity contribution < 1.29 is 13.6 Å². The second-order valence-corrected chi connectivity index (χ2v) is 4.71. The van der Waals surface area contributed by atoms with Gasteiger partial charge in [0.25, 0.3) is 0 Å². The van der Waals surface area contributed by atoms with E-state index in [4.69, 9.17) is 0 Å². The minimum Gasteiger partial charge on any atom is -0.307 e. The molecule has 0 bridgehead atoms. The molecule has 1 N–H and O–H groups in total. The van der Waals surface area contributed by atoms with Crippen molar-refractivity contribution in [1.29, 1.82) is 0 Å². The van der Waals surface area contributed by atoms with E-state index in [9.17, 15) is 13.6 Å². The number of carbonyl (C=O) groups excluding carboxylic acids is 1. The monoisotopic (exact) mass is 253 g/mol. The first-order valence-corrected chi connectivity index (χ1v) is 6.37. The summed E-state index contributed by atoms with van der Waals surface area (Å²) in [5.74, 6) is -1.85. The van der Waals surface area contributed by atoms with Gasteiger partial charge in [0.05, 0.1) is 6.04 Å². The summed E-state index contributed by atoms with van der Waals surface area (Å²) in [6.45, 7) is 0.821. The third kappa shape index (κ3) is 3.13. The molecule has 0 amide bonds. The zero-order chi connectivity index (χ0) is 13.0. The van der Waals surface area contributed by atoms with Crippen molar-refractivity contribution in [3.05, 3.63) is 35.4 Å². The first-order valence-electron chi connectivity index (χ1n) is 6.37. The fourth-order valence-electron chi connectivity index (χ4n) is 2.30. The number of nitrogens with one attached hydrogen (secondary N) is 1. The van der Waals surface area contributed by atoms with Crippen LogP contribution in [0.2, 0.25) is 0 Å². The Morgan fingerprint density at radius 1 is 1.28 bits per heavy atom. The summed E-state index contributed by atoms with van der Waals surface area (Å²) >= 11 is 0. The molecule has 1 heterocycles. The van der Waals surface area contributed by atoms with Crippen LogP contribution >= 0.6 is 0 Å². The summed E-state index contributed by atoms with van der Waals surface area (Å²) in [5, 5.41) is 3.17. The summed E-state index contributed by atoms with van der Waals surface area (Å²) in [6.07, 6.45) is 3.94. The number of rotatable bonds is 3. The molecule has 0 aliphatic carbocycles. The maximum atomic E-state index is 13.5. The Balaban J connectivity index is 2.03. The number of halogens is 2. The summed E-state index contributed by atoms with van der Waals surface area (Å²) in [6, 6.07) is 3.75. The average Bonchev–Trinajstić information content (AvgIpc) is 2.63. The van der Waals surface area contributed by atoms with Crippen molar-refractivity contribution in [3.8, 4) is 0 Å². The van der Waals surface area contributed by atoms with E-state index in [0.717, 1.165) is 38.3 Å². The van der Waals surface area contributed by atoms with Crippen molar-refractivity contribution in [1.82, 2.24) is 5.32 Å². The fourth-order valence-corrected chi connectivity index (χ4v) is 2.30. The fraction of sp³-hybridized carbons (Fsp3) is 0.500. The Morgan fingerprint density at radius 3 is 2.94 bits per heavy atom. The van der Waals surface area contributed by atoms with Gasteiger partial charge < -0.3 is 5.32 Å². The summed E-state index contributed by atoms with van der Waals surface area (Å²) < 4.78 is 26.5. The van der Waals surface area contributed by atoms with Crippen LogP contribution in [-0.2, 0) is 11.2 Å². The molecule has 4 heteroatoms. The third-order valence-electron chi connectivity index (χ3n) is 3.35. The smallest absolute Gasteiger partial charge is 0.162 e. The quantitative estimate of drug-likeness (QED) is 0.897. The van der Waals surface area contributed by atoms with Crippen LogP contribution in [0.25, 0.3) is 0 Å². The van der Waals surface area contributed by atoms with Gasteiger partial charge in [0.2, 0.25) is 0 Å². The van der Waals surface area contributed by atoms with Gasteiger partial charge in [0.15, 0.2) is 17.4 Å². The lowest BCUT2D eigenvalue weighted by atomic mass is 10.00. The van der Waals surface area contributed by atoms with Crippen LogP contribution in [-0.4, -0.2) is 18.4 Å². The van der Waals surface area contributed by atoms with Gasteiger partial charge >= 0.3 is 0 Å². The Hall–Kier alpha value is -1.29. The lowest BCUT2D eigenvalue weighted by Crippen LogP contribution is -2.37. The molecule has 98 valence electrons. The van der Waals surface area contributed by atoms with Gasteiger partial charge in [-0.3, -0.25) is 4.79 Å². The van der Waals surface area contributed by atoms with E-state index in [1.807, 2.05) is 0 Å². The molecule has 1 aromatic carbocycles. The first kappa shape index (κ1) is 13.1. The predicted molar refractivity (Wildman–Crippen MR) is 65.3 cm³/mol. The van der Waals surface area contributed by atoms with Gasteiger partial charge in [0, 0.05) is 6.42 Å². The summed E-state index contributed by atoms with van der Waals surface area (Å²) in [7, 11) is 0. The highest BCUT2D eigenvalue weighted by Crippen LogP contribution is 2.15. The molecule has 0 saturated carbocycles. The van der Waals surface area contributed by atoms with Crippen molar-refractivity contribution in [3.63, 3.8) is 0 Å². The molecule has 0 aromatic heterocycles. The minimum atomic E-state index is -0.903. The van der Waals surface area contributed by atoms with E-state index in [2.05, 4.69) is 5.32 Å². The number of hydrogen-bond acceptors (Lipinski definition) is 2. The second-order valence-electron chi connectivity index (χ2n) is 4.71. The maximum absolute atomic E-state index is 13.5. The Labute approximate surface area is 105 Å². The molecular formula is C14H17F2NO. The molecule has 0 spiro atoms. The molecule has 2 rings (SSSR count). The molecule has 1 aliphatic heterocycles. The normalized spacial score (nSPS) is 20.4. The van der Waals surface area contributed by atoms with Gasteiger partial charge in [-0.2, -0.15) is 0 Å². The van der Waals surface area contributed by atoms with Gasteiger partial charge in [-0.25, -0.2) is 8.78 Å². The standard InChI is InChI=1S/C14H17F2NO/c15-11-6-4-5-10(14(11)16)9-13(18)12-7-2-1-3-8-17-12/h4-6,12,17H,1-3,7-9H2. The summed E-state index contributed by atoms with van der Waals surface area (Å²) in [5.41, 5.74) is 0.144. The molecule has 1 aliphatic rings. The summed E-state index contributed by atoms with van der Waals surface area (Å²) in [4.78, 5) is 12.0. The van der Waals surface area contributed by atoms with Crippen LogP contribution in [0.15, 0.2) is 18.2 Å². The van der Waals surface area contributed by atoms with Crippen LogP contribution in [0.4, 0.5) is 8.78 Å². The van der Waals surface area contributed by atoms with Gasteiger partial charge in [-0.05, 0) is 31.0 Å². The zero-order valence-electron chi connectivity index (χ0n) is 10.2. The molecule has 0 radical (unpaired) electrons. The van der Waals surface area contributed by atoms with E-state index >= 15 is 0 Å². The van der Waals surface area contributed by atoms with E-state index in [1.165, 1.54) is 12.1 Å². The van der Waals surface area contributed by atoms with Crippen LogP contribution in [0, 0.1) is 11.6 Å². The minimum absolute atomic E-state index is 0.0404. The van der Waals surface area contributed by atoms with Crippen LogP contribution in [0.3, 0.4) is 0 Å². The van der Waals surface area contributed by atoms with E-state index in [-0.39, 0.29) is 23.8 Å². The number of benzene rings is 1. The highest BCUT2D eigenvalue weighted by Gasteiger charge is 2.21. The molecule has 18 heavy (non-hydrogen) atoms. The molecule has 1 saturated heterocycles. The van der Waals surface area contributed by atoms with Crippen LogP contribution in [0.1, 0.15) is 31.2 Å². The van der Waals surface area contributed by atoms with E-state index < -0.39 is 11.6 Å². The van der Waals surface area contributed by atoms with Crippen molar-refractivity contribution in [2.24, 2.45) is 0 Å². The molecule has 1 aromatic rings. The largest absolute Gasteiger partial charge is 0.307 e. The lowest BCUT2D eigenvalue weighted by Gasteiger charge is -2.14. The van der Waals surface area contributed by atoms with E-state index in [1.54, 1.807) is 0 Å². The topological polar surface area (TPSA) is 29.1 Å². The Kier molecular flexibility index (Phi) is 4.42. The van der Waals surface area contributed by atoms with Gasteiger partial charge in [0.1, 0.15) is 0 Å². The maximum Gasteiger partial charge on any atom is 0.162 e. The van der Waals surface area contributed by atoms with Crippen molar-refractivity contribution in [2.75, 3.05) is 6.54 Å². The highest BCUT2D eigenvalue weighted by atomic mass is 19.2. The van der Waals surface area contributed by atoms with Crippen molar-refractivity contribution in [2.45, 2.75) is 38.1 Å². The number of Topliss-reactive ketones (excluding diaryl/α,β-unsaturated/α-hetero) is 1. The molecule has 2 nitrogen and oxygen atoms in total. The molecule has 1 atom stereocenters. The van der Waals surface area contributed by atoms with E-state index in [0.29, 0.717) is 0 Å². The molecule has 1 fully saturated rings. The number of ketones is 1. The van der Waals surface area contributed by atoms with Gasteiger partial charge in [-0.1, -0.05) is 25.0 Å². The average molecular weight is 253 g/mol.